The molecule has 8 nitrogen and oxygen atoms in total. The average Bonchev–Trinajstić information content (AvgIpc) is 0.693. The van der Waals surface area contributed by atoms with E-state index in [-0.39, 0.29) is 21.7 Å². The number of anilines is 6. The van der Waals surface area contributed by atoms with Crippen molar-refractivity contribution in [2.24, 2.45) is 0 Å². The molecule has 0 saturated heterocycles. The average molecular weight is 1700 g/mol. The summed E-state index contributed by atoms with van der Waals surface area (Å²) in [6, 6.07) is 136. The maximum Gasteiger partial charge on any atom is 0.492 e. The Balaban J connectivity index is 0.000000129. The second kappa shape index (κ2) is 29.5. The van der Waals surface area contributed by atoms with Crippen LogP contribution in [0.25, 0.3) is 11.1 Å². The molecule has 0 amide bonds. The largest absolute Gasteiger partial charge is 0.492 e. The van der Waals surface area contributed by atoms with Crippen LogP contribution in [-0.4, -0.2) is 33.3 Å². The van der Waals surface area contributed by atoms with Gasteiger partial charge in [-0.1, -0.05) is 359 Å². The zero-order valence-electron chi connectivity index (χ0n) is 68.2. The Hall–Kier alpha value is -12.5. The van der Waals surface area contributed by atoms with Crippen molar-refractivity contribution in [3.8, 4) is 57.1 Å². The number of hydrogen-bond donors (Lipinski definition) is 2. The maximum absolute atomic E-state index is 9.47. The number of hydrogen-bond acceptors (Lipinski definition) is 8. The summed E-state index contributed by atoms with van der Waals surface area (Å²) in [6.45, 7) is 18.2. The summed E-state index contributed by atoms with van der Waals surface area (Å²) >= 11 is 2.50. The molecule has 22 rings (SSSR count). The first-order valence-electron chi connectivity index (χ1n) is 41.3. The minimum atomic E-state index is -3.06. The van der Waals surface area contributed by atoms with Crippen LogP contribution in [0.1, 0.15) is 99.9 Å². The predicted molar refractivity (Wildman–Crippen MR) is 506 cm³/mol. The lowest BCUT2D eigenvalue weighted by molar-refractivity contribution is 0.405. The Morgan fingerprint density at radius 3 is 0.975 bits per heavy atom. The Morgan fingerprint density at radius 1 is 0.258 bits per heavy atom. The summed E-state index contributed by atoms with van der Waals surface area (Å²) in [5.74, 6) is 6.80. The van der Waals surface area contributed by atoms with Gasteiger partial charge in [0.15, 0.2) is 16.1 Å². The molecule has 0 aromatic heterocycles. The topological polar surface area (TPSA) is 83.9 Å². The van der Waals surface area contributed by atoms with E-state index in [2.05, 4.69) is 421 Å². The summed E-state index contributed by atoms with van der Waals surface area (Å²) in [5.41, 5.74) is 18.3. The van der Waals surface area contributed by atoms with Crippen LogP contribution in [0.3, 0.4) is 0 Å². The van der Waals surface area contributed by atoms with Crippen LogP contribution in [0.4, 0.5) is 34.1 Å². The van der Waals surface area contributed by atoms with Crippen molar-refractivity contribution in [3.63, 3.8) is 0 Å². The van der Waals surface area contributed by atoms with Crippen molar-refractivity contribution in [3.05, 3.63) is 424 Å². The Labute approximate surface area is 718 Å². The van der Waals surface area contributed by atoms with Crippen molar-refractivity contribution in [2.75, 3.05) is 9.80 Å². The van der Waals surface area contributed by atoms with Crippen molar-refractivity contribution in [1.82, 2.24) is 0 Å². The van der Waals surface area contributed by atoms with Gasteiger partial charge in [-0.2, -0.15) is 0 Å². The second-order valence-electron chi connectivity index (χ2n) is 34.1. The molecule has 16 aromatic carbocycles. The maximum atomic E-state index is 9.47. The molecule has 0 fully saturated rings. The Bertz CT molecular complexity index is 6540. The number of rotatable bonds is 8. The van der Waals surface area contributed by atoms with Gasteiger partial charge in [-0.25, -0.2) is 0 Å². The lowest BCUT2D eigenvalue weighted by atomic mass is 9.70. The fourth-order valence-corrected chi connectivity index (χ4v) is 31.2. The van der Waals surface area contributed by atoms with Gasteiger partial charge in [0.2, 0.25) is 0 Å². The molecule has 0 spiro atoms. The lowest BCUT2D eigenvalue weighted by Crippen LogP contribution is -2.76. The van der Waals surface area contributed by atoms with E-state index >= 15 is 0 Å². The smallest absolute Gasteiger partial charge is 0.457 e. The summed E-state index contributed by atoms with van der Waals surface area (Å²) in [5, 5.41) is 29.3. The predicted octanol–water partition coefficient (Wildman–Crippen LogP) is 21.1. The van der Waals surface area contributed by atoms with E-state index in [4.69, 9.17) is 18.9 Å². The van der Waals surface area contributed by atoms with Gasteiger partial charge in [0.05, 0.1) is 26.3 Å². The highest BCUT2D eigenvalue weighted by Crippen LogP contribution is 2.58. The van der Waals surface area contributed by atoms with Crippen LogP contribution in [0.5, 0.6) is 46.0 Å². The van der Waals surface area contributed by atoms with Crippen LogP contribution in [0, 0.1) is 3.57 Å². The quantitative estimate of drug-likeness (QED) is 0.115. The molecule has 0 radical (unpaired) electrons. The first-order valence-corrected chi connectivity index (χ1v) is 46.4. The first-order chi connectivity index (χ1) is 58.3. The third-order valence-corrected chi connectivity index (χ3v) is 36.5. The molecular weight excluding hydrogens is 1620 g/mol. The van der Waals surface area contributed by atoms with Crippen LogP contribution in [0.2, 0.25) is 0 Å². The molecule has 0 bridgehead atoms. The molecule has 0 atom stereocenters. The highest BCUT2D eigenvalue weighted by molar-refractivity contribution is 14.1. The van der Waals surface area contributed by atoms with Gasteiger partial charge in [-0.3, -0.25) is 0 Å². The molecular formula is C108H88BIN2O6Si2. The Kier molecular flexibility index (Phi) is 18.7. The van der Waals surface area contributed by atoms with E-state index in [0.717, 1.165) is 83.0 Å². The van der Waals surface area contributed by atoms with Crippen LogP contribution < -0.4 is 75.7 Å². The second-order valence-corrected chi connectivity index (χ2v) is 42.7. The van der Waals surface area contributed by atoms with Gasteiger partial charge in [0, 0.05) is 77.1 Å². The monoisotopic (exact) mass is 1700 g/mol. The SMILES string of the molecule is CC1(C)c2ccccc2N(c2cc(-c3cccc4c3Oc3ccccc3C4(C)C)c3c(c2)[Si](c2ccccc2)(c2ccccc2)c2ccccc2O3)c2ccccc21.CC1(C)c2ccccc2N(c2cc(I)c3c(c2)[Si](c2ccccc2)(c2ccccc2)c2ccccc2O3)c2ccccc21.CC1(C)c2ccccc2Oc2c(B(O)O)cccc21. The lowest BCUT2D eigenvalue weighted by Gasteiger charge is -2.44. The third-order valence-electron chi connectivity index (χ3n) is 26.1. The molecule has 6 heterocycles. The van der Waals surface area contributed by atoms with Crippen molar-refractivity contribution < 1.29 is 29.0 Å². The third kappa shape index (κ3) is 11.9. The zero-order chi connectivity index (χ0) is 82.0. The van der Waals surface area contributed by atoms with Crippen molar-refractivity contribution in [2.45, 2.75) is 77.0 Å². The number of ether oxygens (including phenoxy) is 4. The molecule has 12 heteroatoms. The molecule has 584 valence electrons. The van der Waals surface area contributed by atoms with E-state index in [9.17, 15) is 10.0 Å². The van der Waals surface area contributed by atoms with E-state index in [1.165, 1.54) is 92.1 Å². The molecule has 2 N–H and O–H groups in total. The standard InChI is InChI=1S/C54H43NO2Si.C39H30INOSi.C15H15BO3/c1-53(2)41-25-11-14-29-45(41)55(46-30-15-12-26-42(46)53)36-34-40(39-24-19-28-44-51(39)56-47-31-16-13-27-43(47)54(44,3)4)52-50(35-36)58(37-20-7-5-8-21-37,38-22-9-6-10-23-38)49-33-18-17-32-48(49)57-52;1-39(2)30-19-9-11-21-33(30)41(34-22-12-10-20-31(34)39)27-25-32(40)38-37(26-27)43(28-15-5-3-6-16-28,29-17-7-4-8-18-29)36-24-14-13-23-35(36)42-38;1-15(2)10-6-3-4-9-13(10)19-14-11(15)7-5-8-12(14)16(17)18/h5-35H,1-4H3;3-26H,1-2H3;3-9,17-18H,1-2H3. The van der Waals surface area contributed by atoms with Crippen LogP contribution >= 0.6 is 22.6 Å². The van der Waals surface area contributed by atoms with Gasteiger partial charge in [0.25, 0.3) is 0 Å². The molecule has 0 unspecified atom stereocenters. The molecule has 16 aromatic rings. The molecule has 0 saturated carbocycles. The summed E-state index contributed by atoms with van der Waals surface area (Å²) in [6.07, 6.45) is 0. The van der Waals surface area contributed by atoms with Crippen LogP contribution in [-0.2, 0) is 21.7 Å². The van der Waals surface area contributed by atoms with E-state index in [0.29, 0.717) is 11.2 Å². The molecule has 0 aliphatic carbocycles. The molecule has 6 aliphatic heterocycles. The highest BCUT2D eigenvalue weighted by Gasteiger charge is 2.53. The minimum Gasteiger partial charge on any atom is -0.457 e. The molecule has 6 aliphatic rings. The fraction of sp³-hybridized carbons (Fsp3) is 0.111. The Morgan fingerprint density at radius 2 is 0.558 bits per heavy atom. The van der Waals surface area contributed by atoms with Gasteiger partial charge < -0.3 is 38.8 Å². The molecule has 120 heavy (non-hydrogen) atoms. The normalized spacial score (nSPS) is 15.6. The van der Waals surface area contributed by atoms with Gasteiger partial charge in [0.1, 0.15) is 46.0 Å². The number of fused-ring (bicyclic) bond motifs is 12. The number of nitrogens with zero attached hydrogens (tertiary/aromatic N) is 2. The first kappa shape index (κ1) is 76.2. The number of para-hydroxylation sites is 10. The number of halogens is 1. The summed E-state index contributed by atoms with van der Waals surface area (Å²) in [4.78, 5) is 4.96. The van der Waals surface area contributed by atoms with E-state index in [1.807, 2.05) is 36.4 Å². The fourth-order valence-electron chi connectivity index (χ4n) is 20.3. The number of benzene rings is 16. The van der Waals surface area contributed by atoms with Crippen molar-refractivity contribution in [1.29, 1.82) is 0 Å². The van der Waals surface area contributed by atoms with Gasteiger partial charge in [-0.15, -0.1) is 0 Å². The summed E-state index contributed by atoms with van der Waals surface area (Å²) < 4.78 is 28.2. The zero-order valence-corrected chi connectivity index (χ0v) is 72.3. The van der Waals surface area contributed by atoms with Gasteiger partial charge in [-0.05, 0) is 154 Å². The van der Waals surface area contributed by atoms with E-state index < -0.39 is 23.3 Å². The minimum absolute atomic E-state index is 0.111. The van der Waals surface area contributed by atoms with Crippen molar-refractivity contribution >= 4 is 127 Å². The summed E-state index contributed by atoms with van der Waals surface area (Å²) in [7, 11) is -7.36. The van der Waals surface area contributed by atoms with Gasteiger partial charge >= 0.3 is 7.12 Å². The van der Waals surface area contributed by atoms with E-state index in [1.54, 1.807) is 6.07 Å². The highest BCUT2D eigenvalue weighted by atomic mass is 127. The van der Waals surface area contributed by atoms with Crippen LogP contribution in [0.15, 0.2) is 376 Å².